The second-order valence-electron chi connectivity index (χ2n) is 5.75. The zero-order valence-corrected chi connectivity index (χ0v) is 13.3. The lowest BCUT2D eigenvalue weighted by Crippen LogP contribution is -2.09. The van der Waals surface area contributed by atoms with Crippen molar-refractivity contribution in [2.24, 2.45) is 4.99 Å². The molecule has 1 aromatic heterocycles. The average Bonchev–Trinajstić information content (AvgIpc) is 2.55. The van der Waals surface area contributed by atoms with Crippen molar-refractivity contribution in [1.29, 1.82) is 0 Å². The molecule has 0 amide bonds. The van der Waals surface area contributed by atoms with E-state index in [0.717, 1.165) is 34.1 Å². The lowest BCUT2D eigenvalue weighted by molar-refractivity contribution is 0.616. The van der Waals surface area contributed by atoms with E-state index >= 15 is 0 Å². The molecule has 0 saturated heterocycles. The Morgan fingerprint density at radius 3 is 2.55 bits per heavy atom. The number of fused-ring (bicyclic) bond motifs is 1. The molecule has 2 nitrogen and oxygen atoms in total. The van der Waals surface area contributed by atoms with Gasteiger partial charge in [0.25, 0.3) is 0 Å². The molecule has 2 aromatic carbocycles. The average molecular weight is 291 g/mol. The Bertz CT molecular complexity index is 846. The fourth-order valence-electron chi connectivity index (χ4n) is 2.46. The van der Waals surface area contributed by atoms with E-state index in [1.807, 2.05) is 24.3 Å². The second kappa shape index (κ2) is 6.18. The van der Waals surface area contributed by atoms with Gasteiger partial charge >= 0.3 is 0 Å². The van der Waals surface area contributed by atoms with Crippen LogP contribution < -0.4 is 5.36 Å². The van der Waals surface area contributed by atoms with Crippen LogP contribution in [0.25, 0.3) is 22.3 Å². The van der Waals surface area contributed by atoms with Gasteiger partial charge in [0.15, 0.2) is 0 Å². The Labute approximate surface area is 131 Å². The van der Waals surface area contributed by atoms with E-state index in [-0.39, 0.29) is 0 Å². The molecule has 0 aliphatic rings. The summed E-state index contributed by atoms with van der Waals surface area (Å²) in [6, 6.07) is 18.8. The van der Waals surface area contributed by atoms with Crippen molar-refractivity contribution in [1.82, 2.24) is 0 Å². The van der Waals surface area contributed by atoms with Crippen LogP contribution in [0, 0.1) is 6.92 Å². The lowest BCUT2D eigenvalue weighted by Gasteiger charge is -2.07. The maximum Gasteiger partial charge on any atom is 0.136 e. The van der Waals surface area contributed by atoms with Crippen molar-refractivity contribution in [3.8, 4) is 11.3 Å². The van der Waals surface area contributed by atoms with Gasteiger partial charge in [-0.2, -0.15) is 0 Å². The highest BCUT2D eigenvalue weighted by Crippen LogP contribution is 2.22. The smallest absolute Gasteiger partial charge is 0.136 e. The Hall–Kier alpha value is -2.35. The first-order chi connectivity index (χ1) is 10.7. The predicted octanol–water partition coefficient (Wildman–Crippen LogP) is 5.11. The number of nitrogens with zero attached hydrogens (tertiary/aromatic N) is 1. The topological polar surface area (TPSA) is 25.5 Å². The Balaban J connectivity index is 2.30. The highest BCUT2D eigenvalue weighted by Gasteiger charge is 2.06. The summed E-state index contributed by atoms with van der Waals surface area (Å²) in [6.07, 6.45) is 1.03. The van der Waals surface area contributed by atoms with E-state index in [9.17, 15) is 0 Å². The van der Waals surface area contributed by atoms with Crippen molar-refractivity contribution in [3.05, 3.63) is 65.5 Å². The van der Waals surface area contributed by atoms with Gasteiger partial charge in [0.05, 0.1) is 5.36 Å². The maximum atomic E-state index is 6.10. The molecule has 0 aliphatic heterocycles. The van der Waals surface area contributed by atoms with Gasteiger partial charge in [-0.25, -0.2) is 0 Å². The van der Waals surface area contributed by atoms with Crippen molar-refractivity contribution >= 4 is 11.0 Å². The maximum absolute atomic E-state index is 6.10. The van der Waals surface area contributed by atoms with Crippen molar-refractivity contribution < 1.29 is 4.42 Å². The lowest BCUT2D eigenvalue weighted by atomic mass is 10.1. The molecule has 2 heteroatoms. The molecule has 0 bridgehead atoms. The standard InChI is InChI=1S/C20H21NO/c1-4-15(3)21-18-13-20(16-8-6-5-7-9-16)22-19-11-10-14(2)12-17(18)19/h5-13,15H,4H2,1-3H3/t15-/m0/s1. The van der Waals surface area contributed by atoms with Gasteiger partial charge in [-0.05, 0) is 32.4 Å². The van der Waals surface area contributed by atoms with E-state index < -0.39 is 0 Å². The van der Waals surface area contributed by atoms with Crippen LogP contribution in [-0.2, 0) is 0 Å². The van der Waals surface area contributed by atoms with Crippen molar-refractivity contribution in [2.75, 3.05) is 0 Å². The molecule has 0 radical (unpaired) electrons. The molecule has 22 heavy (non-hydrogen) atoms. The third-order valence-corrected chi connectivity index (χ3v) is 3.91. The van der Waals surface area contributed by atoms with Gasteiger partial charge in [0.1, 0.15) is 11.3 Å². The normalized spacial score (nSPS) is 13.5. The number of hydrogen-bond donors (Lipinski definition) is 0. The largest absolute Gasteiger partial charge is 0.456 e. The minimum Gasteiger partial charge on any atom is -0.456 e. The molecule has 0 N–H and O–H groups in total. The summed E-state index contributed by atoms with van der Waals surface area (Å²) in [7, 11) is 0. The Kier molecular flexibility index (Phi) is 4.10. The van der Waals surface area contributed by atoms with E-state index in [2.05, 4.69) is 51.1 Å². The van der Waals surface area contributed by atoms with Gasteiger partial charge in [-0.15, -0.1) is 0 Å². The molecular formula is C20H21NO. The van der Waals surface area contributed by atoms with Crippen LogP contribution in [-0.4, -0.2) is 6.04 Å². The molecule has 1 atom stereocenters. The molecule has 112 valence electrons. The highest BCUT2D eigenvalue weighted by atomic mass is 16.3. The summed E-state index contributed by atoms with van der Waals surface area (Å²) >= 11 is 0. The fourth-order valence-corrected chi connectivity index (χ4v) is 2.46. The molecule has 0 spiro atoms. The molecule has 0 aliphatic carbocycles. The Morgan fingerprint density at radius 1 is 1.05 bits per heavy atom. The van der Waals surface area contributed by atoms with Crippen LogP contribution in [0.4, 0.5) is 0 Å². The van der Waals surface area contributed by atoms with Crippen molar-refractivity contribution in [2.45, 2.75) is 33.2 Å². The summed E-state index contributed by atoms with van der Waals surface area (Å²) in [4.78, 5) is 4.87. The Morgan fingerprint density at radius 2 is 1.82 bits per heavy atom. The second-order valence-corrected chi connectivity index (χ2v) is 5.75. The minimum absolute atomic E-state index is 0.301. The number of aryl methyl sites for hydroxylation is 1. The molecule has 0 fully saturated rings. The molecule has 0 unspecified atom stereocenters. The van der Waals surface area contributed by atoms with Gasteiger partial charge in [-0.3, -0.25) is 4.99 Å². The predicted molar refractivity (Wildman–Crippen MR) is 91.7 cm³/mol. The third kappa shape index (κ3) is 2.96. The first-order valence-corrected chi connectivity index (χ1v) is 7.81. The van der Waals surface area contributed by atoms with Gasteiger partial charge in [0, 0.05) is 23.1 Å². The van der Waals surface area contributed by atoms with Gasteiger partial charge < -0.3 is 4.42 Å². The number of benzene rings is 2. The summed E-state index contributed by atoms with van der Waals surface area (Å²) in [5.74, 6) is 0.860. The molecular weight excluding hydrogens is 270 g/mol. The van der Waals surface area contributed by atoms with E-state index in [1.54, 1.807) is 0 Å². The number of rotatable bonds is 3. The van der Waals surface area contributed by atoms with Gasteiger partial charge in [-0.1, -0.05) is 48.9 Å². The highest BCUT2D eigenvalue weighted by molar-refractivity contribution is 5.79. The van der Waals surface area contributed by atoms with Crippen LogP contribution >= 0.6 is 0 Å². The van der Waals surface area contributed by atoms with Crippen LogP contribution in [0.2, 0.25) is 0 Å². The van der Waals surface area contributed by atoms with Gasteiger partial charge in [0.2, 0.25) is 0 Å². The van der Waals surface area contributed by atoms with Crippen LogP contribution in [0.15, 0.2) is 64.0 Å². The van der Waals surface area contributed by atoms with Crippen LogP contribution in [0.5, 0.6) is 0 Å². The van der Waals surface area contributed by atoms with E-state index in [1.165, 1.54) is 5.56 Å². The summed E-state index contributed by atoms with van der Waals surface area (Å²) in [5.41, 5.74) is 3.18. The molecule has 3 aromatic rings. The quantitative estimate of drug-likeness (QED) is 0.658. The number of hydrogen-bond acceptors (Lipinski definition) is 2. The van der Waals surface area contributed by atoms with Crippen LogP contribution in [0.3, 0.4) is 0 Å². The monoisotopic (exact) mass is 291 g/mol. The summed E-state index contributed by atoms with van der Waals surface area (Å²) in [5, 5.41) is 2.10. The first kappa shape index (κ1) is 14.6. The fraction of sp³-hybridized carbons (Fsp3) is 0.250. The van der Waals surface area contributed by atoms with Crippen LogP contribution in [0.1, 0.15) is 25.8 Å². The zero-order chi connectivity index (χ0) is 15.5. The zero-order valence-electron chi connectivity index (χ0n) is 13.3. The third-order valence-electron chi connectivity index (χ3n) is 3.91. The molecule has 0 saturated carbocycles. The summed E-state index contributed by atoms with van der Waals surface area (Å²) < 4.78 is 6.10. The molecule has 1 heterocycles. The van der Waals surface area contributed by atoms with Crippen molar-refractivity contribution in [3.63, 3.8) is 0 Å². The minimum atomic E-state index is 0.301. The molecule has 3 rings (SSSR count). The van der Waals surface area contributed by atoms with E-state index in [4.69, 9.17) is 9.41 Å². The summed E-state index contributed by atoms with van der Waals surface area (Å²) in [6.45, 7) is 6.40. The van der Waals surface area contributed by atoms with E-state index in [0.29, 0.717) is 6.04 Å². The first-order valence-electron chi connectivity index (χ1n) is 7.81. The SMILES string of the molecule is CC[C@H](C)N=c1cc(-c2ccccc2)oc2ccc(C)cc12.